The number of rotatable bonds is 8. The van der Waals surface area contributed by atoms with E-state index in [0.29, 0.717) is 23.1 Å². The van der Waals surface area contributed by atoms with Gasteiger partial charge in [0.1, 0.15) is 0 Å². The molecule has 0 radical (unpaired) electrons. The van der Waals surface area contributed by atoms with Gasteiger partial charge in [0.15, 0.2) is 5.11 Å². The topological polar surface area (TPSA) is 92.2 Å². The number of carbonyl (C=O) groups excluding carboxylic acids is 1. The molecule has 192 valence electrons. The van der Waals surface area contributed by atoms with Crippen LogP contribution in [0.5, 0.6) is 0 Å². The molecule has 0 aliphatic heterocycles. The highest BCUT2D eigenvalue weighted by Crippen LogP contribution is 2.21. The lowest BCUT2D eigenvalue weighted by molar-refractivity contribution is 0.0981. The van der Waals surface area contributed by atoms with Gasteiger partial charge in [-0.05, 0) is 78.7 Å². The van der Waals surface area contributed by atoms with Crippen LogP contribution in [0.4, 0.5) is 5.69 Å². The fourth-order valence-corrected chi connectivity index (χ4v) is 5.41. The number of benzene rings is 3. The normalized spacial score (nSPS) is 11.5. The van der Waals surface area contributed by atoms with E-state index in [-0.39, 0.29) is 10.5 Å². The fourth-order valence-electron chi connectivity index (χ4n) is 3.99. The summed E-state index contributed by atoms with van der Waals surface area (Å²) in [7, 11) is -3.97. The first-order chi connectivity index (χ1) is 17.6. The van der Waals surface area contributed by atoms with Crippen LogP contribution < -0.4 is 15.4 Å². The molecular weight excluding hydrogens is 504 g/mol. The van der Waals surface area contributed by atoms with Gasteiger partial charge in [-0.25, -0.2) is 13.1 Å². The summed E-state index contributed by atoms with van der Waals surface area (Å²) in [4.78, 5) is 12.9. The molecule has 1 amide bonds. The molecule has 0 unspecified atom stereocenters. The zero-order valence-electron chi connectivity index (χ0n) is 21.0. The maximum atomic E-state index is 12.8. The molecule has 0 fully saturated rings. The van der Waals surface area contributed by atoms with E-state index in [4.69, 9.17) is 12.2 Å². The van der Waals surface area contributed by atoms with Crippen molar-refractivity contribution < 1.29 is 13.2 Å². The predicted molar refractivity (Wildman–Crippen MR) is 152 cm³/mol. The number of aromatic nitrogens is 1. The Kier molecular flexibility index (Phi) is 7.94. The van der Waals surface area contributed by atoms with Gasteiger partial charge >= 0.3 is 0 Å². The molecule has 0 atom stereocenters. The van der Waals surface area contributed by atoms with Crippen molar-refractivity contribution in [1.82, 2.24) is 14.6 Å². The van der Waals surface area contributed by atoms with E-state index >= 15 is 0 Å². The number of hydrogen-bond donors (Lipinski definition) is 3. The third-order valence-corrected chi connectivity index (χ3v) is 7.59. The van der Waals surface area contributed by atoms with Gasteiger partial charge in [-0.1, -0.05) is 44.2 Å². The number of nitrogens with zero attached hydrogens (tertiary/aromatic N) is 1. The van der Waals surface area contributed by atoms with Crippen LogP contribution in [-0.4, -0.2) is 30.5 Å². The van der Waals surface area contributed by atoms with E-state index in [9.17, 15) is 13.2 Å². The van der Waals surface area contributed by atoms with Crippen LogP contribution in [0, 0.1) is 12.8 Å². The Labute approximate surface area is 222 Å². The fraction of sp³-hybridized carbons (Fsp3) is 0.214. The standard InChI is InChI=1S/C28H30N4O3S2/c1-19(2)17-29-28(36)30-24-9-6-8-21(15-24)18-32-14-13-22-16-23(11-12-25(22)32)27(33)31-37(34,35)26-10-5-4-7-20(26)3/h4-16,19H,17-18H2,1-3H3,(H,31,33)(H2,29,30,36). The number of sulfonamides is 1. The number of anilines is 1. The zero-order valence-corrected chi connectivity index (χ0v) is 22.6. The van der Waals surface area contributed by atoms with Crippen molar-refractivity contribution in [3.05, 3.63) is 95.7 Å². The minimum absolute atomic E-state index is 0.0868. The summed E-state index contributed by atoms with van der Waals surface area (Å²) in [6, 6.07) is 21.7. The quantitative estimate of drug-likeness (QED) is 0.274. The molecule has 0 spiro atoms. The molecule has 0 saturated carbocycles. The van der Waals surface area contributed by atoms with Crippen molar-refractivity contribution in [1.29, 1.82) is 0 Å². The number of amides is 1. The second-order valence-corrected chi connectivity index (χ2v) is 11.4. The number of aryl methyl sites for hydroxylation is 1. The second-order valence-electron chi connectivity index (χ2n) is 9.35. The van der Waals surface area contributed by atoms with Crippen molar-refractivity contribution in [2.24, 2.45) is 5.92 Å². The third kappa shape index (κ3) is 6.55. The van der Waals surface area contributed by atoms with Crippen molar-refractivity contribution >= 4 is 49.9 Å². The third-order valence-electron chi connectivity index (χ3n) is 5.85. The SMILES string of the molecule is Cc1ccccc1S(=O)(=O)NC(=O)c1ccc2c(ccn2Cc2cccc(NC(=S)NCC(C)C)c2)c1. The lowest BCUT2D eigenvalue weighted by Crippen LogP contribution is -2.31. The molecule has 3 N–H and O–H groups in total. The molecular formula is C28H30N4O3S2. The lowest BCUT2D eigenvalue weighted by atomic mass is 10.1. The average molecular weight is 535 g/mol. The summed E-state index contributed by atoms with van der Waals surface area (Å²) < 4.78 is 29.7. The maximum Gasteiger partial charge on any atom is 0.265 e. The summed E-state index contributed by atoms with van der Waals surface area (Å²) >= 11 is 5.38. The molecule has 9 heteroatoms. The molecule has 37 heavy (non-hydrogen) atoms. The summed E-state index contributed by atoms with van der Waals surface area (Å²) in [5, 5.41) is 7.86. The highest BCUT2D eigenvalue weighted by Gasteiger charge is 2.20. The van der Waals surface area contributed by atoms with E-state index in [0.717, 1.165) is 28.7 Å². The molecule has 7 nitrogen and oxygen atoms in total. The smallest absolute Gasteiger partial charge is 0.265 e. The molecule has 0 saturated heterocycles. The Hall–Kier alpha value is -3.69. The zero-order chi connectivity index (χ0) is 26.6. The Morgan fingerprint density at radius 1 is 1.00 bits per heavy atom. The van der Waals surface area contributed by atoms with Gasteiger partial charge in [0.2, 0.25) is 0 Å². The van der Waals surface area contributed by atoms with E-state index < -0.39 is 15.9 Å². The monoisotopic (exact) mass is 534 g/mol. The molecule has 0 aliphatic carbocycles. The van der Waals surface area contributed by atoms with Crippen LogP contribution in [0.15, 0.2) is 83.9 Å². The Morgan fingerprint density at radius 2 is 1.78 bits per heavy atom. The summed E-state index contributed by atoms with van der Waals surface area (Å²) in [5.41, 5.74) is 3.77. The average Bonchev–Trinajstić information content (AvgIpc) is 3.24. The molecule has 1 heterocycles. The van der Waals surface area contributed by atoms with Crippen LogP contribution in [-0.2, 0) is 16.6 Å². The Morgan fingerprint density at radius 3 is 2.54 bits per heavy atom. The summed E-state index contributed by atoms with van der Waals surface area (Å²) in [6.45, 7) is 7.37. The largest absolute Gasteiger partial charge is 0.362 e. The number of thiocarbonyl (C=S) groups is 1. The highest BCUT2D eigenvalue weighted by molar-refractivity contribution is 7.90. The number of carbonyl (C=O) groups is 1. The van der Waals surface area contributed by atoms with E-state index in [2.05, 4.69) is 33.8 Å². The first kappa shape index (κ1) is 26.4. The Balaban J connectivity index is 1.47. The second kappa shape index (κ2) is 11.1. The van der Waals surface area contributed by atoms with Crippen LogP contribution in [0.3, 0.4) is 0 Å². The van der Waals surface area contributed by atoms with Gasteiger partial charge < -0.3 is 15.2 Å². The van der Waals surface area contributed by atoms with Crippen LogP contribution in [0.2, 0.25) is 0 Å². The van der Waals surface area contributed by atoms with Crippen LogP contribution in [0.1, 0.15) is 35.3 Å². The summed E-state index contributed by atoms with van der Waals surface area (Å²) in [5.74, 6) is -0.170. The number of fused-ring (bicyclic) bond motifs is 1. The van der Waals surface area contributed by atoms with Crippen molar-refractivity contribution in [2.45, 2.75) is 32.2 Å². The summed E-state index contributed by atoms with van der Waals surface area (Å²) in [6.07, 6.45) is 1.95. The van der Waals surface area contributed by atoms with Crippen LogP contribution >= 0.6 is 12.2 Å². The van der Waals surface area contributed by atoms with Gasteiger partial charge in [0.05, 0.1) is 4.90 Å². The highest BCUT2D eigenvalue weighted by atomic mass is 32.2. The lowest BCUT2D eigenvalue weighted by Gasteiger charge is -2.13. The number of hydrogen-bond acceptors (Lipinski definition) is 4. The van der Waals surface area contributed by atoms with E-state index in [1.165, 1.54) is 6.07 Å². The molecule has 3 aromatic carbocycles. The van der Waals surface area contributed by atoms with Gasteiger partial charge in [-0.2, -0.15) is 0 Å². The Bertz CT molecular complexity index is 1560. The number of nitrogens with one attached hydrogen (secondary N) is 3. The van der Waals surface area contributed by atoms with Gasteiger partial charge in [0, 0.05) is 41.4 Å². The predicted octanol–water partition coefficient (Wildman–Crippen LogP) is 5.06. The molecule has 4 aromatic rings. The van der Waals surface area contributed by atoms with Gasteiger partial charge in [-0.3, -0.25) is 4.79 Å². The molecule has 1 aromatic heterocycles. The van der Waals surface area contributed by atoms with Crippen molar-refractivity contribution in [3.8, 4) is 0 Å². The molecule has 4 rings (SSSR count). The van der Waals surface area contributed by atoms with E-state index in [1.807, 2.05) is 42.6 Å². The first-order valence-electron chi connectivity index (χ1n) is 12.0. The van der Waals surface area contributed by atoms with E-state index in [1.54, 1.807) is 37.3 Å². The minimum Gasteiger partial charge on any atom is -0.362 e. The van der Waals surface area contributed by atoms with Crippen LogP contribution in [0.25, 0.3) is 10.9 Å². The van der Waals surface area contributed by atoms with Crippen molar-refractivity contribution in [2.75, 3.05) is 11.9 Å². The first-order valence-corrected chi connectivity index (χ1v) is 13.9. The van der Waals surface area contributed by atoms with Gasteiger partial charge in [-0.15, -0.1) is 0 Å². The van der Waals surface area contributed by atoms with Crippen molar-refractivity contribution in [3.63, 3.8) is 0 Å². The molecule has 0 bridgehead atoms. The maximum absolute atomic E-state index is 12.8. The minimum atomic E-state index is -3.97. The van der Waals surface area contributed by atoms with Gasteiger partial charge in [0.25, 0.3) is 15.9 Å². The molecule has 0 aliphatic rings.